The highest BCUT2D eigenvalue weighted by atomic mass is 16.6. The molecule has 8 nitrogen and oxygen atoms in total. The normalized spacial score (nSPS) is 14.5. The van der Waals surface area contributed by atoms with Crippen molar-refractivity contribution in [3.8, 4) is 0 Å². The number of benzene rings is 1. The molecule has 172 valence electrons. The van der Waals surface area contributed by atoms with E-state index in [9.17, 15) is 9.59 Å². The lowest BCUT2D eigenvalue weighted by atomic mass is 10.1. The van der Waals surface area contributed by atoms with Gasteiger partial charge in [0.2, 0.25) is 0 Å². The lowest BCUT2D eigenvalue weighted by Crippen LogP contribution is -2.49. The van der Waals surface area contributed by atoms with Crippen LogP contribution in [-0.4, -0.2) is 58.6 Å². The summed E-state index contributed by atoms with van der Waals surface area (Å²) in [7, 11) is 0. The minimum Gasteiger partial charge on any atom is -0.444 e. The molecule has 0 aliphatic carbocycles. The topological polar surface area (TPSA) is 87.7 Å². The Morgan fingerprint density at radius 1 is 1.03 bits per heavy atom. The van der Waals surface area contributed by atoms with Gasteiger partial charge >= 0.3 is 6.09 Å². The van der Waals surface area contributed by atoms with Crippen molar-refractivity contribution in [3.63, 3.8) is 0 Å². The predicted molar refractivity (Wildman–Crippen MR) is 125 cm³/mol. The fourth-order valence-electron chi connectivity index (χ4n) is 3.43. The molecule has 1 saturated heterocycles. The van der Waals surface area contributed by atoms with Crippen molar-refractivity contribution in [1.82, 2.24) is 14.9 Å². The van der Waals surface area contributed by atoms with Gasteiger partial charge in [0.1, 0.15) is 17.2 Å². The molecule has 1 aliphatic heterocycles. The van der Waals surface area contributed by atoms with Crippen molar-refractivity contribution in [2.24, 2.45) is 0 Å². The maximum Gasteiger partial charge on any atom is 0.412 e. The summed E-state index contributed by atoms with van der Waals surface area (Å²) < 4.78 is 5.25. The minimum absolute atomic E-state index is 0.0183. The van der Waals surface area contributed by atoms with E-state index in [1.165, 1.54) is 0 Å². The first-order chi connectivity index (χ1) is 15.0. The van der Waals surface area contributed by atoms with Crippen LogP contribution in [-0.2, 0) is 4.74 Å². The van der Waals surface area contributed by atoms with E-state index >= 15 is 0 Å². The smallest absolute Gasteiger partial charge is 0.412 e. The number of nitrogens with one attached hydrogen (secondary N) is 1. The van der Waals surface area contributed by atoms with Crippen LogP contribution in [0, 0.1) is 6.92 Å². The van der Waals surface area contributed by atoms with E-state index in [1.54, 1.807) is 24.3 Å². The molecule has 2 heterocycles. The summed E-state index contributed by atoms with van der Waals surface area (Å²) >= 11 is 0. The van der Waals surface area contributed by atoms with Gasteiger partial charge in [0.15, 0.2) is 0 Å². The number of anilines is 2. The molecule has 0 bridgehead atoms. The number of carbonyl (C=O) groups is 2. The van der Waals surface area contributed by atoms with Crippen LogP contribution < -0.4 is 10.2 Å². The summed E-state index contributed by atoms with van der Waals surface area (Å²) in [6.07, 6.45) is -0.520. The quantitative estimate of drug-likeness (QED) is 0.768. The van der Waals surface area contributed by atoms with Gasteiger partial charge in [-0.25, -0.2) is 14.8 Å². The summed E-state index contributed by atoms with van der Waals surface area (Å²) in [5.74, 6) is 2.02. The van der Waals surface area contributed by atoms with Gasteiger partial charge in [0.05, 0.1) is 0 Å². The number of piperazine rings is 1. The van der Waals surface area contributed by atoms with E-state index < -0.39 is 11.7 Å². The van der Waals surface area contributed by atoms with Gasteiger partial charge in [-0.3, -0.25) is 10.1 Å². The van der Waals surface area contributed by atoms with Crippen molar-refractivity contribution in [2.45, 2.75) is 53.1 Å². The Kier molecular flexibility index (Phi) is 7.01. The van der Waals surface area contributed by atoms with Crippen molar-refractivity contribution in [3.05, 3.63) is 47.4 Å². The first-order valence-corrected chi connectivity index (χ1v) is 11.0. The Labute approximate surface area is 190 Å². The van der Waals surface area contributed by atoms with Gasteiger partial charge in [-0.15, -0.1) is 0 Å². The van der Waals surface area contributed by atoms with Crippen LogP contribution in [0.15, 0.2) is 30.3 Å². The summed E-state index contributed by atoms with van der Waals surface area (Å²) in [6.45, 7) is 14.3. The summed E-state index contributed by atoms with van der Waals surface area (Å²) in [5, 5.41) is 2.68. The number of hydrogen-bond donors (Lipinski definition) is 1. The molecule has 2 aromatic rings. The molecule has 0 atom stereocenters. The maximum atomic E-state index is 12.9. The van der Waals surface area contributed by atoms with Crippen LogP contribution in [0.2, 0.25) is 0 Å². The third kappa shape index (κ3) is 6.18. The van der Waals surface area contributed by atoms with E-state index in [0.717, 1.165) is 30.4 Å². The molecule has 1 aromatic heterocycles. The number of nitrogens with zero attached hydrogens (tertiary/aromatic N) is 4. The van der Waals surface area contributed by atoms with Gasteiger partial charge < -0.3 is 14.5 Å². The zero-order valence-corrected chi connectivity index (χ0v) is 19.8. The second kappa shape index (κ2) is 9.54. The van der Waals surface area contributed by atoms with Crippen LogP contribution in [0.5, 0.6) is 0 Å². The molecule has 1 fully saturated rings. The van der Waals surface area contributed by atoms with Crippen LogP contribution in [0.3, 0.4) is 0 Å². The van der Waals surface area contributed by atoms with Crippen LogP contribution in [0.25, 0.3) is 0 Å². The molecule has 0 unspecified atom stereocenters. The number of aromatic nitrogens is 2. The Bertz CT molecular complexity index is 959. The van der Waals surface area contributed by atoms with Crippen molar-refractivity contribution in [2.75, 3.05) is 36.4 Å². The second-order valence-electron chi connectivity index (χ2n) is 9.36. The molecule has 8 heteroatoms. The number of ether oxygens (including phenoxy) is 1. The van der Waals surface area contributed by atoms with Crippen LogP contribution in [0.1, 0.15) is 62.4 Å². The molecule has 1 N–H and O–H groups in total. The third-order valence-corrected chi connectivity index (χ3v) is 5.04. The SMILES string of the molecule is Cc1cc(N2CCN(C(=O)c3ccc(NC(=O)OC(C)(C)C)cc3)CC2)nc(C(C)C)n1. The maximum absolute atomic E-state index is 12.9. The molecule has 0 saturated carbocycles. The molecule has 0 spiro atoms. The Hall–Kier alpha value is -3.16. The lowest BCUT2D eigenvalue weighted by molar-refractivity contribution is 0.0635. The third-order valence-electron chi connectivity index (χ3n) is 5.04. The summed E-state index contributed by atoms with van der Waals surface area (Å²) in [5.41, 5.74) is 1.56. The lowest BCUT2D eigenvalue weighted by Gasteiger charge is -2.35. The van der Waals surface area contributed by atoms with Crippen LogP contribution in [0.4, 0.5) is 16.3 Å². The number of amides is 2. The van der Waals surface area contributed by atoms with Gasteiger partial charge in [-0.1, -0.05) is 13.8 Å². The Balaban J connectivity index is 1.58. The highest BCUT2D eigenvalue weighted by molar-refractivity contribution is 5.95. The molecule has 3 rings (SSSR count). The van der Waals surface area contributed by atoms with E-state index in [4.69, 9.17) is 9.72 Å². The molecule has 32 heavy (non-hydrogen) atoms. The summed E-state index contributed by atoms with van der Waals surface area (Å²) in [4.78, 5) is 38.1. The number of aryl methyl sites for hydroxylation is 1. The molecule has 1 aromatic carbocycles. The molecule has 2 amide bonds. The van der Waals surface area contributed by atoms with Gasteiger partial charge in [-0.2, -0.15) is 0 Å². The van der Waals surface area contributed by atoms with Crippen molar-refractivity contribution >= 4 is 23.5 Å². The molecular formula is C24H33N5O3. The van der Waals surface area contributed by atoms with E-state index in [0.29, 0.717) is 24.3 Å². The Morgan fingerprint density at radius 3 is 2.22 bits per heavy atom. The van der Waals surface area contributed by atoms with Crippen molar-refractivity contribution in [1.29, 1.82) is 0 Å². The molecule has 0 radical (unpaired) electrons. The highest BCUT2D eigenvalue weighted by Gasteiger charge is 2.24. The van der Waals surface area contributed by atoms with E-state index in [1.807, 2.05) is 38.7 Å². The van der Waals surface area contributed by atoms with Gasteiger partial charge in [0, 0.05) is 55.1 Å². The fraction of sp³-hybridized carbons (Fsp3) is 0.500. The number of hydrogen-bond acceptors (Lipinski definition) is 6. The van der Waals surface area contributed by atoms with Crippen LogP contribution >= 0.6 is 0 Å². The zero-order valence-electron chi connectivity index (χ0n) is 19.8. The average molecular weight is 440 g/mol. The van der Waals surface area contributed by atoms with E-state index in [2.05, 4.69) is 29.0 Å². The predicted octanol–water partition coefficient (Wildman–Crippen LogP) is 4.22. The Morgan fingerprint density at radius 2 is 1.66 bits per heavy atom. The fourth-order valence-corrected chi connectivity index (χ4v) is 3.43. The standard InChI is InChI=1S/C24H33N5O3/c1-16(2)21-25-17(3)15-20(27-21)28-11-13-29(14-12-28)22(30)18-7-9-19(10-8-18)26-23(31)32-24(4,5)6/h7-10,15-16H,11-14H2,1-6H3,(H,26,31). The monoisotopic (exact) mass is 439 g/mol. The minimum atomic E-state index is -0.566. The molecule has 1 aliphatic rings. The number of rotatable bonds is 4. The first-order valence-electron chi connectivity index (χ1n) is 11.0. The highest BCUT2D eigenvalue weighted by Crippen LogP contribution is 2.20. The average Bonchev–Trinajstić information content (AvgIpc) is 2.72. The van der Waals surface area contributed by atoms with Gasteiger partial charge in [-0.05, 0) is 52.0 Å². The second-order valence-corrected chi connectivity index (χ2v) is 9.36. The van der Waals surface area contributed by atoms with Crippen molar-refractivity contribution < 1.29 is 14.3 Å². The van der Waals surface area contributed by atoms with E-state index in [-0.39, 0.29) is 11.8 Å². The number of carbonyl (C=O) groups excluding carboxylic acids is 2. The van der Waals surface area contributed by atoms with Gasteiger partial charge in [0.25, 0.3) is 5.91 Å². The first kappa shape index (κ1) is 23.5. The zero-order chi connectivity index (χ0) is 23.5. The molecular weight excluding hydrogens is 406 g/mol. The summed E-state index contributed by atoms with van der Waals surface area (Å²) in [6, 6.07) is 8.88. The largest absolute Gasteiger partial charge is 0.444 e.